The van der Waals surface area contributed by atoms with E-state index in [1.807, 2.05) is 34.9 Å². The molecule has 41 heavy (non-hydrogen) atoms. The number of sulfonamides is 1. The molecule has 0 atom stereocenters. The van der Waals surface area contributed by atoms with E-state index in [1.165, 1.54) is 15.6 Å². The highest BCUT2D eigenvalue weighted by Crippen LogP contribution is 2.37. The normalized spacial score (nSPS) is 16.3. The molecule has 0 unspecified atom stereocenters. The number of nitriles is 1. The summed E-state index contributed by atoms with van der Waals surface area (Å²) in [5, 5.41) is 19.3. The number of rotatable bonds is 11. The highest BCUT2D eigenvalue weighted by atomic mass is 32.2. The van der Waals surface area contributed by atoms with E-state index in [4.69, 9.17) is 4.98 Å². The molecule has 214 valence electrons. The number of fused-ring (bicyclic) bond motifs is 1. The fraction of sp³-hybridized carbons (Fsp3) is 0.407. The molecule has 1 fully saturated rings. The van der Waals surface area contributed by atoms with Crippen molar-refractivity contribution < 1.29 is 13.2 Å². The monoisotopic (exact) mass is 593 g/mol. The van der Waals surface area contributed by atoms with Gasteiger partial charge in [-0.1, -0.05) is 0 Å². The third-order valence-corrected chi connectivity index (χ3v) is 9.78. The molecule has 2 aliphatic heterocycles. The largest absolute Gasteiger partial charge is 0.349 e. The van der Waals surface area contributed by atoms with Crippen molar-refractivity contribution in [2.75, 3.05) is 44.8 Å². The van der Waals surface area contributed by atoms with Crippen LogP contribution in [0.4, 0.5) is 5.95 Å². The number of carbonyl (C=O) groups excluding carboxylic acids is 1. The molecule has 14 heteroatoms. The Bertz CT molecular complexity index is 1700. The van der Waals surface area contributed by atoms with Crippen molar-refractivity contribution in [3.63, 3.8) is 0 Å². The molecule has 0 radical (unpaired) electrons. The lowest BCUT2D eigenvalue weighted by atomic mass is 9.89. The molecule has 12 nitrogen and oxygen atoms in total. The second kappa shape index (κ2) is 11.5. The molecule has 2 aliphatic rings. The summed E-state index contributed by atoms with van der Waals surface area (Å²) < 4.78 is 28.7. The summed E-state index contributed by atoms with van der Waals surface area (Å²) in [6.45, 7) is 2.69. The molecule has 0 spiro atoms. The number of hydrogen-bond acceptors (Lipinski definition) is 10. The molecule has 0 bridgehead atoms. The Kier molecular flexibility index (Phi) is 7.97. The summed E-state index contributed by atoms with van der Waals surface area (Å²) in [5.41, 5.74) is 5.37. The summed E-state index contributed by atoms with van der Waals surface area (Å²) in [5.74, 6) is 0.516. The van der Waals surface area contributed by atoms with E-state index in [1.54, 1.807) is 42.9 Å². The molecule has 5 rings (SSSR count). The van der Waals surface area contributed by atoms with E-state index >= 15 is 0 Å². The summed E-state index contributed by atoms with van der Waals surface area (Å²) in [6, 6.07) is 4.12. The Morgan fingerprint density at radius 3 is 2.85 bits per heavy atom. The van der Waals surface area contributed by atoms with Gasteiger partial charge in [0.1, 0.15) is 5.54 Å². The highest BCUT2D eigenvalue weighted by molar-refractivity contribution is 7.89. The first-order valence-corrected chi connectivity index (χ1v) is 15.7. The molecular formula is C27H31N9O3S2. The molecule has 0 aliphatic carbocycles. The maximum absolute atomic E-state index is 12.3. The first-order valence-electron chi connectivity index (χ1n) is 13.2. The third-order valence-electron chi connectivity index (χ3n) is 7.10. The van der Waals surface area contributed by atoms with E-state index < -0.39 is 15.6 Å². The van der Waals surface area contributed by atoms with Crippen molar-refractivity contribution in [1.29, 1.82) is 5.26 Å². The summed E-state index contributed by atoms with van der Waals surface area (Å²) >= 11 is 1.52. The number of carbonyl (C=O) groups is 1. The minimum Gasteiger partial charge on any atom is -0.349 e. The van der Waals surface area contributed by atoms with Crippen molar-refractivity contribution in [3.05, 3.63) is 53.7 Å². The Morgan fingerprint density at radius 1 is 1.32 bits per heavy atom. The van der Waals surface area contributed by atoms with Crippen LogP contribution in [0.1, 0.15) is 26.2 Å². The molecule has 5 heterocycles. The summed E-state index contributed by atoms with van der Waals surface area (Å²) in [4.78, 5) is 24.9. The van der Waals surface area contributed by atoms with Gasteiger partial charge in [-0.05, 0) is 24.8 Å². The molecule has 1 N–H and O–H groups in total. The number of aromatic nitrogens is 4. The second-order valence-electron chi connectivity index (χ2n) is 10.2. The van der Waals surface area contributed by atoms with Crippen molar-refractivity contribution in [2.24, 2.45) is 0 Å². The Morgan fingerprint density at radius 2 is 2.12 bits per heavy atom. The van der Waals surface area contributed by atoms with Gasteiger partial charge in [-0.2, -0.15) is 14.7 Å². The van der Waals surface area contributed by atoms with Crippen molar-refractivity contribution in [1.82, 2.24) is 33.9 Å². The number of thiophene rings is 1. The fourth-order valence-electron chi connectivity index (χ4n) is 4.73. The van der Waals surface area contributed by atoms with Gasteiger partial charge in [0.05, 0.1) is 46.0 Å². The lowest BCUT2D eigenvalue weighted by Crippen LogP contribution is -2.64. The smallest absolute Gasteiger partial charge is 0.228 e. The first-order chi connectivity index (χ1) is 19.6. The van der Waals surface area contributed by atoms with Gasteiger partial charge in [-0.15, -0.1) is 17.1 Å². The number of amides is 1. The first kappa shape index (κ1) is 28.5. The van der Waals surface area contributed by atoms with Gasteiger partial charge in [-0.3, -0.25) is 9.48 Å². The van der Waals surface area contributed by atoms with E-state index in [-0.39, 0.29) is 31.2 Å². The van der Waals surface area contributed by atoms with Gasteiger partial charge >= 0.3 is 0 Å². The van der Waals surface area contributed by atoms with Gasteiger partial charge < -0.3 is 15.1 Å². The van der Waals surface area contributed by atoms with E-state index in [2.05, 4.69) is 27.2 Å². The number of hydrogen-bond donors (Lipinski definition) is 1. The van der Waals surface area contributed by atoms with E-state index in [9.17, 15) is 18.5 Å². The van der Waals surface area contributed by atoms with E-state index in [0.717, 1.165) is 21.5 Å². The zero-order valence-electron chi connectivity index (χ0n) is 23.1. The van der Waals surface area contributed by atoms with Crippen LogP contribution in [0.15, 0.2) is 53.7 Å². The van der Waals surface area contributed by atoms with Crippen LogP contribution in [0.5, 0.6) is 0 Å². The molecule has 0 saturated carbocycles. The van der Waals surface area contributed by atoms with Crippen LogP contribution in [0.3, 0.4) is 0 Å². The van der Waals surface area contributed by atoms with Gasteiger partial charge in [0.2, 0.25) is 21.9 Å². The van der Waals surface area contributed by atoms with Gasteiger partial charge in [0, 0.05) is 70.4 Å². The zero-order valence-corrected chi connectivity index (χ0v) is 24.7. The molecule has 3 aromatic heterocycles. The predicted molar refractivity (Wildman–Crippen MR) is 157 cm³/mol. The molecule has 1 amide bonds. The highest BCUT2D eigenvalue weighted by Gasteiger charge is 2.49. The zero-order chi connectivity index (χ0) is 29.2. The molecular weight excluding hydrogens is 562 g/mol. The van der Waals surface area contributed by atoms with Crippen LogP contribution in [0.25, 0.3) is 21.5 Å². The Hall–Kier alpha value is -4.02. The quantitative estimate of drug-likeness (QED) is 0.332. The van der Waals surface area contributed by atoms with Crippen LogP contribution < -0.4 is 5.32 Å². The minimum atomic E-state index is -3.34. The number of nitrogens with zero attached hydrogens (tertiary/aromatic N) is 8. The number of nitrogens with one attached hydrogen (secondary N) is 1. The summed E-state index contributed by atoms with van der Waals surface area (Å²) in [6.07, 6.45) is 10.4. The SMILES string of the molecule is CCS(=O)(=O)N1CC(CC#N)(n2cc(-c3nc(NC4=CN(CCCC(=O)N(C)C)C=C=C4)nc4ccsc34)cn2)C1. The Balaban J connectivity index is 1.37. The predicted octanol–water partition coefficient (Wildman–Crippen LogP) is 2.94. The lowest BCUT2D eigenvalue weighted by Gasteiger charge is -2.47. The van der Waals surface area contributed by atoms with Gasteiger partial charge in [-0.25, -0.2) is 18.4 Å². The van der Waals surface area contributed by atoms with Crippen LogP contribution in [-0.2, 0) is 20.4 Å². The van der Waals surface area contributed by atoms with Gasteiger partial charge in [0.25, 0.3) is 0 Å². The summed E-state index contributed by atoms with van der Waals surface area (Å²) in [7, 11) is 0.163. The topological polar surface area (TPSA) is 140 Å². The fourth-order valence-corrected chi connectivity index (χ4v) is 6.81. The molecule has 0 aromatic carbocycles. The van der Waals surface area contributed by atoms with Crippen molar-refractivity contribution in [2.45, 2.75) is 31.7 Å². The number of allylic oxidation sites excluding steroid dienone is 1. The van der Waals surface area contributed by atoms with Crippen molar-refractivity contribution >= 4 is 43.4 Å². The standard InChI is InChI=1S/C27H31N9O3S2/c1-4-41(38,39)35-18-27(19-35,10-11-28)36-16-20(15-29-36)24-25-22(9-14-40-25)31-26(32-24)30-21-7-5-12-34(17-21)13-6-8-23(37)33(2)3/h7,9,12,14-17H,4,6,8,10,13,18-19H2,1-3H3,(H,30,31,32). The molecule has 3 aromatic rings. The third kappa shape index (κ3) is 5.89. The second-order valence-corrected chi connectivity index (χ2v) is 13.4. The number of anilines is 1. The maximum Gasteiger partial charge on any atom is 0.228 e. The Labute approximate surface area is 242 Å². The maximum atomic E-state index is 12.3. The molecule has 1 saturated heterocycles. The van der Waals surface area contributed by atoms with Crippen LogP contribution >= 0.6 is 11.3 Å². The van der Waals surface area contributed by atoms with Crippen LogP contribution in [-0.4, -0.2) is 87.7 Å². The minimum absolute atomic E-state index is 0.0162. The van der Waals surface area contributed by atoms with E-state index in [0.29, 0.717) is 31.0 Å². The van der Waals surface area contributed by atoms with Crippen LogP contribution in [0, 0.1) is 11.3 Å². The van der Waals surface area contributed by atoms with Crippen molar-refractivity contribution in [3.8, 4) is 17.3 Å². The van der Waals surface area contributed by atoms with Gasteiger partial charge in [0.15, 0.2) is 0 Å². The van der Waals surface area contributed by atoms with Crippen LogP contribution in [0.2, 0.25) is 0 Å². The average molecular weight is 594 g/mol. The average Bonchev–Trinajstić information content (AvgIpc) is 3.60. The lowest BCUT2D eigenvalue weighted by molar-refractivity contribution is -0.128.